The molecule has 1 heterocycles. The predicted molar refractivity (Wildman–Crippen MR) is 82.2 cm³/mol. The van der Waals surface area contributed by atoms with Gasteiger partial charge in [0.05, 0.1) is 17.1 Å². The first-order chi connectivity index (χ1) is 8.54. The Morgan fingerprint density at radius 1 is 1.33 bits per heavy atom. The van der Waals surface area contributed by atoms with Crippen LogP contribution in [0.25, 0.3) is 0 Å². The van der Waals surface area contributed by atoms with Crippen molar-refractivity contribution in [2.24, 2.45) is 0 Å². The average Bonchev–Trinajstić information content (AvgIpc) is 2.61. The molecule has 0 saturated heterocycles. The van der Waals surface area contributed by atoms with Crippen molar-refractivity contribution in [1.82, 2.24) is 9.78 Å². The Bertz CT molecular complexity index is 557. The number of aromatic nitrogens is 2. The second kappa shape index (κ2) is 5.32. The molecule has 0 spiro atoms. The summed E-state index contributed by atoms with van der Waals surface area (Å²) in [5.41, 5.74) is 8.51. The smallest absolute Gasteiger partial charge is 0.152 e. The summed E-state index contributed by atoms with van der Waals surface area (Å²) in [4.78, 5) is 0. The van der Waals surface area contributed by atoms with Crippen LogP contribution < -0.4 is 11.1 Å². The largest absolute Gasteiger partial charge is 0.394 e. The molecule has 0 bridgehead atoms. The van der Waals surface area contributed by atoms with Crippen molar-refractivity contribution in [3.05, 3.63) is 32.8 Å². The number of aryl methyl sites for hydroxylation is 2. The van der Waals surface area contributed by atoms with Crippen molar-refractivity contribution in [2.45, 2.75) is 20.4 Å². The minimum absolute atomic E-state index is 0.680. The van der Waals surface area contributed by atoms with E-state index in [1.807, 2.05) is 36.7 Å². The molecule has 0 aliphatic carbocycles. The van der Waals surface area contributed by atoms with Gasteiger partial charge in [-0.05, 0) is 57.8 Å². The van der Waals surface area contributed by atoms with E-state index in [2.05, 4.69) is 42.3 Å². The molecule has 0 atom stereocenters. The topological polar surface area (TPSA) is 55.9 Å². The third-order valence-corrected chi connectivity index (χ3v) is 4.00. The summed E-state index contributed by atoms with van der Waals surface area (Å²) in [6.45, 7) is 4.70. The monoisotopic (exact) mass is 372 g/mol. The number of anilines is 3. The molecule has 0 saturated carbocycles. The average molecular weight is 374 g/mol. The first-order valence-corrected chi connectivity index (χ1v) is 7.17. The van der Waals surface area contributed by atoms with Crippen LogP contribution in [0.1, 0.15) is 12.6 Å². The molecule has 18 heavy (non-hydrogen) atoms. The third-order valence-electron chi connectivity index (χ3n) is 2.68. The van der Waals surface area contributed by atoms with E-state index in [4.69, 9.17) is 5.73 Å². The van der Waals surface area contributed by atoms with Crippen LogP contribution in [-0.2, 0) is 6.54 Å². The standard InChI is InChI=1S/C12H14Br2N4/c1-3-18-12(10(15)7(2)17-18)16-11-8(13)5-4-6-9(11)14/h4-6,16H,3,15H2,1-2H3. The zero-order valence-corrected chi connectivity index (χ0v) is 13.3. The van der Waals surface area contributed by atoms with Gasteiger partial charge in [-0.25, -0.2) is 4.68 Å². The molecular weight excluding hydrogens is 360 g/mol. The SMILES string of the molecule is CCn1nc(C)c(N)c1Nc1c(Br)cccc1Br. The van der Waals surface area contributed by atoms with Crippen LogP contribution in [0.3, 0.4) is 0 Å². The Morgan fingerprint density at radius 2 is 1.94 bits per heavy atom. The van der Waals surface area contributed by atoms with E-state index >= 15 is 0 Å². The van der Waals surface area contributed by atoms with Gasteiger partial charge < -0.3 is 11.1 Å². The number of para-hydroxylation sites is 1. The molecule has 0 aliphatic rings. The summed E-state index contributed by atoms with van der Waals surface area (Å²) < 4.78 is 3.80. The molecule has 2 rings (SSSR count). The summed E-state index contributed by atoms with van der Waals surface area (Å²) >= 11 is 7.04. The fraction of sp³-hybridized carbons (Fsp3) is 0.250. The van der Waals surface area contributed by atoms with E-state index in [9.17, 15) is 0 Å². The maximum Gasteiger partial charge on any atom is 0.152 e. The highest BCUT2D eigenvalue weighted by Crippen LogP contribution is 2.35. The summed E-state index contributed by atoms with van der Waals surface area (Å²) in [6.07, 6.45) is 0. The van der Waals surface area contributed by atoms with E-state index in [1.54, 1.807) is 0 Å². The summed E-state index contributed by atoms with van der Waals surface area (Å²) in [6, 6.07) is 5.91. The molecule has 6 heteroatoms. The van der Waals surface area contributed by atoms with E-state index in [0.29, 0.717) is 5.69 Å². The molecular formula is C12H14Br2N4. The highest BCUT2D eigenvalue weighted by atomic mass is 79.9. The minimum atomic E-state index is 0.680. The van der Waals surface area contributed by atoms with Crippen LogP contribution in [0.4, 0.5) is 17.2 Å². The molecule has 0 amide bonds. The van der Waals surface area contributed by atoms with Crippen LogP contribution in [0.2, 0.25) is 0 Å². The van der Waals surface area contributed by atoms with Gasteiger partial charge in [0.2, 0.25) is 0 Å². The van der Waals surface area contributed by atoms with Crippen molar-refractivity contribution in [2.75, 3.05) is 11.1 Å². The van der Waals surface area contributed by atoms with Gasteiger partial charge in [0, 0.05) is 15.5 Å². The molecule has 0 fully saturated rings. The highest BCUT2D eigenvalue weighted by Gasteiger charge is 2.14. The van der Waals surface area contributed by atoms with Crippen LogP contribution in [0, 0.1) is 6.92 Å². The lowest BCUT2D eigenvalue weighted by Crippen LogP contribution is -2.05. The van der Waals surface area contributed by atoms with Crippen LogP contribution in [-0.4, -0.2) is 9.78 Å². The van der Waals surface area contributed by atoms with Crippen molar-refractivity contribution in [3.63, 3.8) is 0 Å². The van der Waals surface area contributed by atoms with Crippen LogP contribution >= 0.6 is 31.9 Å². The molecule has 0 radical (unpaired) electrons. The Hall–Kier alpha value is -1.01. The number of nitrogens with zero attached hydrogens (tertiary/aromatic N) is 2. The number of halogens is 2. The molecule has 1 aromatic carbocycles. The Balaban J connectivity index is 2.46. The summed E-state index contributed by atoms with van der Waals surface area (Å²) in [5, 5.41) is 7.71. The zero-order chi connectivity index (χ0) is 13.3. The summed E-state index contributed by atoms with van der Waals surface area (Å²) in [5.74, 6) is 0.822. The number of nitrogens with two attached hydrogens (primary N) is 1. The molecule has 3 N–H and O–H groups in total. The normalized spacial score (nSPS) is 10.7. The summed E-state index contributed by atoms with van der Waals surface area (Å²) in [7, 11) is 0. The van der Waals surface area contributed by atoms with Gasteiger partial charge in [0.25, 0.3) is 0 Å². The second-order valence-electron chi connectivity index (χ2n) is 3.89. The van der Waals surface area contributed by atoms with Gasteiger partial charge in [0.1, 0.15) is 0 Å². The van der Waals surface area contributed by atoms with Gasteiger partial charge in [0.15, 0.2) is 5.82 Å². The zero-order valence-electron chi connectivity index (χ0n) is 10.2. The predicted octanol–water partition coefficient (Wildman–Crippen LogP) is 4.06. The lowest BCUT2D eigenvalue weighted by atomic mass is 10.3. The maximum absolute atomic E-state index is 6.05. The molecule has 4 nitrogen and oxygen atoms in total. The van der Waals surface area contributed by atoms with E-state index in [1.165, 1.54) is 0 Å². The van der Waals surface area contributed by atoms with Crippen molar-refractivity contribution in [1.29, 1.82) is 0 Å². The first kappa shape index (κ1) is 13.4. The molecule has 96 valence electrons. The van der Waals surface area contributed by atoms with E-state index in [-0.39, 0.29) is 0 Å². The fourth-order valence-corrected chi connectivity index (χ4v) is 2.89. The van der Waals surface area contributed by atoms with Gasteiger partial charge in [-0.15, -0.1) is 0 Å². The van der Waals surface area contributed by atoms with E-state index < -0.39 is 0 Å². The number of benzene rings is 1. The van der Waals surface area contributed by atoms with Crippen LogP contribution in [0.15, 0.2) is 27.1 Å². The quantitative estimate of drug-likeness (QED) is 0.852. The number of nitrogen functional groups attached to an aromatic ring is 1. The molecule has 1 aromatic heterocycles. The van der Waals surface area contributed by atoms with Gasteiger partial charge in [-0.2, -0.15) is 5.10 Å². The van der Waals surface area contributed by atoms with Gasteiger partial charge in [-0.3, -0.25) is 0 Å². The van der Waals surface area contributed by atoms with E-state index in [0.717, 1.165) is 32.7 Å². The molecule has 0 unspecified atom stereocenters. The van der Waals surface area contributed by atoms with Crippen molar-refractivity contribution >= 4 is 49.1 Å². The lowest BCUT2D eigenvalue weighted by Gasteiger charge is -2.12. The third kappa shape index (κ3) is 2.40. The number of hydrogen-bond donors (Lipinski definition) is 2. The maximum atomic E-state index is 6.05. The van der Waals surface area contributed by atoms with Crippen LogP contribution in [0.5, 0.6) is 0 Å². The Labute approximate surface area is 123 Å². The number of hydrogen-bond acceptors (Lipinski definition) is 3. The lowest BCUT2D eigenvalue weighted by molar-refractivity contribution is 0.661. The molecule has 0 aliphatic heterocycles. The molecule has 2 aromatic rings. The van der Waals surface area contributed by atoms with Gasteiger partial charge in [-0.1, -0.05) is 6.07 Å². The number of rotatable bonds is 3. The number of nitrogens with one attached hydrogen (secondary N) is 1. The second-order valence-corrected chi connectivity index (χ2v) is 5.59. The first-order valence-electron chi connectivity index (χ1n) is 5.58. The minimum Gasteiger partial charge on any atom is -0.394 e. The van der Waals surface area contributed by atoms with Crippen molar-refractivity contribution < 1.29 is 0 Å². The van der Waals surface area contributed by atoms with Crippen molar-refractivity contribution in [3.8, 4) is 0 Å². The fourth-order valence-electron chi connectivity index (χ4n) is 1.69. The Kier molecular flexibility index (Phi) is 3.97. The highest BCUT2D eigenvalue weighted by molar-refractivity contribution is 9.11. The Morgan fingerprint density at radius 3 is 2.50 bits per heavy atom. The van der Waals surface area contributed by atoms with Gasteiger partial charge >= 0.3 is 0 Å².